The number of rotatable bonds is 4. The average molecular weight is 369 g/mol. The molecule has 2 aromatic rings. The van der Waals surface area contributed by atoms with Gasteiger partial charge in [0.2, 0.25) is 5.82 Å². The Morgan fingerprint density at radius 1 is 1.32 bits per heavy atom. The van der Waals surface area contributed by atoms with Crippen LogP contribution in [0, 0.1) is 15.9 Å². The molecular weight excluding hydrogens is 359 g/mol. The Morgan fingerprint density at radius 2 is 2.05 bits per heavy atom. The van der Waals surface area contributed by atoms with Crippen molar-refractivity contribution < 1.29 is 18.8 Å². The van der Waals surface area contributed by atoms with Gasteiger partial charge < -0.3 is 10.1 Å². The van der Waals surface area contributed by atoms with Crippen LogP contribution < -0.4 is 10.1 Å². The van der Waals surface area contributed by atoms with Crippen LogP contribution in [-0.2, 0) is 0 Å². The third kappa shape index (κ3) is 3.40. The number of nitro benzene ring substituents is 1. The van der Waals surface area contributed by atoms with E-state index in [4.69, 9.17) is 4.74 Å². The molecule has 22 heavy (non-hydrogen) atoms. The van der Waals surface area contributed by atoms with Gasteiger partial charge in [0.1, 0.15) is 5.75 Å². The highest BCUT2D eigenvalue weighted by atomic mass is 79.9. The molecule has 0 aliphatic rings. The summed E-state index contributed by atoms with van der Waals surface area (Å²) in [5, 5.41) is 13.2. The molecule has 0 aliphatic heterocycles. The number of nitro groups is 1. The van der Waals surface area contributed by atoms with Crippen molar-refractivity contribution in [3.8, 4) is 5.75 Å². The predicted octanol–water partition coefficient (Wildman–Crippen LogP) is 3.76. The molecule has 0 aromatic heterocycles. The Morgan fingerprint density at radius 3 is 2.68 bits per heavy atom. The molecule has 0 fully saturated rings. The zero-order valence-electron chi connectivity index (χ0n) is 11.3. The summed E-state index contributed by atoms with van der Waals surface area (Å²) in [7, 11) is 1.42. The second-order valence-electron chi connectivity index (χ2n) is 4.22. The number of benzene rings is 2. The fourth-order valence-electron chi connectivity index (χ4n) is 1.79. The highest BCUT2D eigenvalue weighted by molar-refractivity contribution is 9.10. The molecule has 1 amide bonds. The lowest BCUT2D eigenvalue weighted by Crippen LogP contribution is -2.13. The standard InChI is InChI=1S/C14H10BrFN2O4/c1-22-13-5-2-8(15)6-10(13)14(19)17-9-3-4-11(16)12(7-9)18(20)21/h2-7H,1H3,(H,17,19). The molecule has 6 nitrogen and oxygen atoms in total. The van der Waals surface area contributed by atoms with Gasteiger partial charge in [-0.1, -0.05) is 15.9 Å². The number of hydrogen-bond acceptors (Lipinski definition) is 4. The van der Waals surface area contributed by atoms with Gasteiger partial charge in [0.15, 0.2) is 0 Å². The van der Waals surface area contributed by atoms with E-state index in [0.717, 1.165) is 12.1 Å². The Balaban J connectivity index is 2.31. The Labute approximate surface area is 133 Å². The fraction of sp³-hybridized carbons (Fsp3) is 0.0714. The summed E-state index contributed by atoms with van der Waals surface area (Å²) in [4.78, 5) is 22.1. The van der Waals surface area contributed by atoms with Crippen molar-refractivity contribution in [2.45, 2.75) is 0 Å². The molecule has 114 valence electrons. The van der Waals surface area contributed by atoms with Gasteiger partial charge in [-0.25, -0.2) is 0 Å². The first-order chi connectivity index (χ1) is 10.4. The van der Waals surface area contributed by atoms with Crippen molar-refractivity contribution in [3.63, 3.8) is 0 Å². The van der Waals surface area contributed by atoms with Crippen LogP contribution in [0.4, 0.5) is 15.8 Å². The van der Waals surface area contributed by atoms with Gasteiger partial charge in [0.05, 0.1) is 17.6 Å². The molecule has 0 unspecified atom stereocenters. The predicted molar refractivity (Wildman–Crippen MR) is 81.7 cm³/mol. The van der Waals surface area contributed by atoms with Crippen LogP contribution in [0.15, 0.2) is 40.9 Å². The molecular formula is C14H10BrFN2O4. The Kier molecular flexibility index (Phi) is 4.71. The van der Waals surface area contributed by atoms with E-state index < -0.39 is 22.3 Å². The highest BCUT2D eigenvalue weighted by Gasteiger charge is 2.17. The largest absolute Gasteiger partial charge is 0.496 e. The molecule has 0 spiro atoms. The number of halogens is 2. The minimum Gasteiger partial charge on any atom is -0.496 e. The number of hydrogen-bond donors (Lipinski definition) is 1. The molecule has 0 atom stereocenters. The molecule has 0 aliphatic carbocycles. The first-order valence-electron chi connectivity index (χ1n) is 6.01. The SMILES string of the molecule is COc1ccc(Br)cc1C(=O)Nc1ccc(F)c([N+](=O)[O-])c1. The number of nitrogens with zero attached hydrogens (tertiary/aromatic N) is 1. The van der Waals surface area contributed by atoms with E-state index in [1.165, 1.54) is 13.2 Å². The lowest BCUT2D eigenvalue weighted by atomic mass is 10.1. The smallest absolute Gasteiger partial charge is 0.306 e. The number of carbonyl (C=O) groups excluding carboxylic acids is 1. The van der Waals surface area contributed by atoms with Crippen LogP contribution in [0.5, 0.6) is 5.75 Å². The van der Waals surface area contributed by atoms with Crippen molar-refractivity contribution in [2.75, 3.05) is 12.4 Å². The number of ether oxygens (including phenoxy) is 1. The topological polar surface area (TPSA) is 81.5 Å². The molecule has 0 saturated carbocycles. The molecule has 0 radical (unpaired) electrons. The van der Waals surface area contributed by atoms with Gasteiger partial charge in [-0.3, -0.25) is 14.9 Å². The van der Waals surface area contributed by atoms with Gasteiger partial charge in [0, 0.05) is 16.2 Å². The monoisotopic (exact) mass is 368 g/mol. The van der Waals surface area contributed by atoms with Gasteiger partial charge >= 0.3 is 5.69 Å². The van der Waals surface area contributed by atoms with E-state index in [1.54, 1.807) is 18.2 Å². The van der Waals surface area contributed by atoms with Crippen LogP contribution in [0.1, 0.15) is 10.4 Å². The summed E-state index contributed by atoms with van der Waals surface area (Å²) in [6, 6.07) is 7.98. The molecule has 0 bridgehead atoms. The Bertz CT molecular complexity index is 752. The van der Waals surface area contributed by atoms with Gasteiger partial charge in [-0.2, -0.15) is 4.39 Å². The van der Waals surface area contributed by atoms with E-state index in [2.05, 4.69) is 21.2 Å². The molecule has 1 N–H and O–H groups in total. The van der Waals surface area contributed by atoms with Crippen molar-refractivity contribution in [3.05, 3.63) is 62.4 Å². The number of amides is 1. The molecule has 2 rings (SSSR count). The number of anilines is 1. The third-order valence-corrected chi connectivity index (χ3v) is 3.30. The maximum atomic E-state index is 13.3. The first kappa shape index (κ1) is 15.9. The number of methoxy groups -OCH3 is 1. The zero-order chi connectivity index (χ0) is 16.3. The zero-order valence-corrected chi connectivity index (χ0v) is 12.9. The summed E-state index contributed by atoms with van der Waals surface area (Å²) >= 11 is 3.24. The van der Waals surface area contributed by atoms with E-state index >= 15 is 0 Å². The molecule has 8 heteroatoms. The van der Waals surface area contributed by atoms with E-state index in [0.29, 0.717) is 10.2 Å². The van der Waals surface area contributed by atoms with E-state index in [-0.39, 0.29) is 11.3 Å². The second-order valence-corrected chi connectivity index (χ2v) is 5.14. The summed E-state index contributed by atoms with van der Waals surface area (Å²) in [6.07, 6.45) is 0. The van der Waals surface area contributed by atoms with Crippen molar-refractivity contribution >= 4 is 33.2 Å². The van der Waals surface area contributed by atoms with Gasteiger partial charge in [-0.15, -0.1) is 0 Å². The second kappa shape index (κ2) is 6.52. The lowest BCUT2D eigenvalue weighted by Gasteiger charge is -2.10. The molecule has 0 heterocycles. The van der Waals surface area contributed by atoms with Crippen LogP contribution in [0.2, 0.25) is 0 Å². The highest BCUT2D eigenvalue weighted by Crippen LogP contribution is 2.26. The van der Waals surface area contributed by atoms with Crippen molar-refractivity contribution in [1.82, 2.24) is 0 Å². The average Bonchev–Trinajstić information content (AvgIpc) is 2.48. The van der Waals surface area contributed by atoms with Crippen LogP contribution in [-0.4, -0.2) is 17.9 Å². The quantitative estimate of drug-likeness (QED) is 0.657. The number of carbonyl (C=O) groups is 1. The molecule has 0 saturated heterocycles. The number of nitrogens with one attached hydrogen (secondary N) is 1. The normalized spacial score (nSPS) is 10.1. The minimum absolute atomic E-state index is 0.111. The van der Waals surface area contributed by atoms with Crippen LogP contribution >= 0.6 is 15.9 Å². The third-order valence-electron chi connectivity index (χ3n) is 2.81. The van der Waals surface area contributed by atoms with E-state index in [9.17, 15) is 19.3 Å². The minimum atomic E-state index is -0.969. The van der Waals surface area contributed by atoms with Crippen molar-refractivity contribution in [2.24, 2.45) is 0 Å². The van der Waals surface area contributed by atoms with Crippen LogP contribution in [0.25, 0.3) is 0 Å². The van der Waals surface area contributed by atoms with Gasteiger partial charge in [-0.05, 0) is 30.3 Å². The maximum Gasteiger partial charge on any atom is 0.306 e. The fourth-order valence-corrected chi connectivity index (χ4v) is 2.15. The van der Waals surface area contributed by atoms with Crippen LogP contribution in [0.3, 0.4) is 0 Å². The van der Waals surface area contributed by atoms with Gasteiger partial charge in [0.25, 0.3) is 5.91 Å². The summed E-state index contributed by atoms with van der Waals surface area (Å²) in [6.45, 7) is 0. The first-order valence-corrected chi connectivity index (χ1v) is 6.80. The lowest BCUT2D eigenvalue weighted by molar-refractivity contribution is -0.387. The summed E-state index contributed by atoms with van der Waals surface area (Å²) in [5.41, 5.74) is -0.358. The van der Waals surface area contributed by atoms with E-state index in [1.807, 2.05) is 0 Å². The van der Waals surface area contributed by atoms with Crippen molar-refractivity contribution in [1.29, 1.82) is 0 Å². The summed E-state index contributed by atoms with van der Waals surface area (Å²) < 4.78 is 19.0. The molecule has 2 aromatic carbocycles. The Hall–Kier alpha value is -2.48. The maximum absolute atomic E-state index is 13.3. The summed E-state index contributed by atoms with van der Waals surface area (Å²) in [5.74, 6) is -1.15.